The molecule has 1 amide bonds. The fraction of sp³-hybridized carbons (Fsp3) is 0.375. The largest absolute Gasteiger partial charge is 0.435 e. The topological polar surface area (TPSA) is 102 Å². The van der Waals surface area contributed by atoms with E-state index in [-0.39, 0.29) is 11.8 Å². The second kappa shape index (κ2) is 11.8. The van der Waals surface area contributed by atoms with Crippen molar-refractivity contribution >= 4 is 23.6 Å². The molecular formula is C24H27F3N6O3. The molecule has 0 bridgehead atoms. The molecule has 0 radical (unpaired) electrons. The lowest BCUT2D eigenvalue weighted by Crippen LogP contribution is -2.24. The molecule has 36 heavy (non-hydrogen) atoms. The SMILES string of the molecule is CC=O.CCn1cc(-c2cccc(C(=O)Nc3cc(N4CCC(OC)C4)cnc3C(F)(F)F)n2)cn1. The summed E-state index contributed by atoms with van der Waals surface area (Å²) >= 11 is 0. The van der Waals surface area contributed by atoms with Gasteiger partial charge in [-0.15, -0.1) is 0 Å². The maximum atomic E-state index is 13.6. The molecule has 0 aliphatic carbocycles. The number of nitrogens with zero attached hydrogens (tertiary/aromatic N) is 5. The van der Waals surface area contributed by atoms with Crippen molar-refractivity contribution in [2.75, 3.05) is 30.4 Å². The molecule has 4 rings (SSSR count). The first-order chi connectivity index (χ1) is 17.2. The molecule has 1 unspecified atom stereocenters. The highest BCUT2D eigenvalue weighted by Gasteiger charge is 2.37. The van der Waals surface area contributed by atoms with E-state index < -0.39 is 23.5 Å². The number of amides is 1. The van der Waals surface area contributed by atoms with E-state index in [9.17, 15) is 18.0 Å². The lowest BCUT2D eigenvalue weighted by Gasteiger charge is -2.21. The van der Waals surface area contributed by atoms with Crippen LogP contribution in [0.5, 0.6) is 0 Å². The van der Waals surface area contributed by atoms with Crippen LogP contribution in [0.4, 0.5) is 24.5 Å². The Morgan fingerprint density at radius 1 is 1.31 bits per heavy atom. The molecule has 3 aromatic rings. The zero-order chi connectivity index (χ0) is 26.3. The van der Waals surface area contributed by atoms with Gasteiger partial charge in [0.2, 0.25) is 0 Å². The summed E-state index contributed by atoms with van der Waals surface area (Å²) < 4.78 is 47.8. The molecule has 192 valence electrons. The molecular weight excluding hydrogens is 477 g/mol. The zero-order valence-corrected chi connectivity index (χ0v) is 20.1. The van der Waals surface area contributed by atoms with Gasteiger partial charge in [-0.25, -0.2) is 9.97 Å². The first-order valence-corrected chi connectivity index (χ1v) is 11.3. The van der Waals surface area contributed by atoms with Crippen LogP contribution in [0.15, 0.2) is 42.9 Å². The van der Waals surface area contributed by atoms with Crippen molar-refractivity contribution in [3.63, 3.8) is 0 Å². The Hall–Kier alpha value is -3.80. The molecule has 1 N–H and O–H groups in total. The third-order valence-corrected chi connectivity index (χ3v) is 5.47. The molecule has 9 nitrogen and oxygen atoms in total. The predicted molar refractivity (Wildman–Crippen MR) is 128 cm³/mol. The second-order valence-electron chi connectivity index (χ2n) is 7.86. The number of anilines is 2. The summed E-state index contributed by atoms with van der Waals surface area (Å²) in [5.41, 5.74) is 0.0718. The van der Waals surface area contributed by atoms with E-state index in [0.29, 0.717) is 36.6 Å². The first-order valence-electron chi connectivity index (χ1n) is 11.3. The zero-order valence-electron chi connectivity index (χ0n) is 20.1. The van der Waals surface area contributed by atoms with Gasteiger partial charge in [0, 0.05) is 38.5 Å². The summed E-state index contributed by atoms with van der Waals surface area (Å²) in [6.07, 6.45) is 1.33. The van der Waals surface area contributed by atoms with Gasteiger partial charge in [-0.1, -0.05) is 6.07 Å². The molecule has 0 spiro atoms. The normalized spacial score (nSPS) is 15.3. The third-order valence-electron chi connectivity index (χ3n) is 5.47. The first kappa shape index (κ1) is 26.8. The fourth-order valence-electron chi connectivity index (χ4n) is 3.68. The van der Waals surface area contributed by atoms with Crippen LogP contribution in [0.2, 0.25) is 0 Å². The standard InChI is InChI=1S/C22H23F3N6O2.C2H4O/c1-3-31-12-14(10-27-31)17-5-4-6-18(28-17)21(32)29-19-9-15(11-26-20(19)22(23,24)25)30-8-7-16(13-30)33-2;1-2-3/h4-6,9-12,16H,3,7-8,13H2,1-2H3,(H,29,32);2H,1H3. The summed E-state index contributed by atoms with van der Waals surface area (Å²) in [5.74, 6) is -0.764. The van der Waals surface area contributed by atoms with Crippen molar-refractivity contribution in [3.05, 3.63) is 54.2 Å². The van der Waals surface area contributed by atoms with Crippen LogP contribution < -0.4 is 10.2 Å². The summed E-state index contributed by atoms with van der Waals surface area (Å²) in [6.45, 7) is 5.21. The van der Waals surface area contributed by atoms with Gasteiger partial charge in [-0.2, -0.15) is 18.3 Å². The van der Waals surface area contributed by atoms with Crippen LogP contribution in [0.1, 0.15) is 36.5 Å². The van der Waals surface area contributed by atoms with Crippen LogP contribution >= 0.6 is 0 Å². The Bertz CT molecular complexity index is 1200. The number of halogens is 3. The van der Waals surface area contributed by atoms with Gasteiger partial charge >= 0.3 is 6.18 Å². The quantitative estimate of drug-likeness (QED) is 0.505. The van der Waals surface area contributed by atoms with Crippen molar-refractivity contribution in [3.8, 4) is 11.3 Å². The molecule has 1 aliphatic rings. The number of pyridine rings is 2. The summed E-state index contributed by atoms with van der Waals surface area (Å²) in [5, 5.41) is 6.53. The number of rotatable bonds is 6. The Balaban J connectivity index is 0.00000115. The number of methoxy groups -OCH3 is 1. The third kappa shape index (κ3) is 6.45. The van der Waals surface area contributed by atoms with Gasteiger partial charge in [-0.05, 0) is 38.5 Å². The molecule has 0 aromatic carbocycles. The van der Waals surface area contributed by atoms with Gasteiger partial charge in [0.15, 0.2) is 5.69 Å². The lowest BCUT2D eigenvalue weighted by atomic mass is 10.2. The average Bonchev–Trinajstić information content (AvgIpc) is 3.54. The summed E-state index contributed by atoms with van der Waals surface area (Å²) in [6, 6.07) is 6.06. The number of aldehydes is 1. The maximum absolute atomic E-state index is 13.6. The van der Waals surface area contributed by atoms with Crippen LogP contribution in [0.25, 0.3) is 11.3 Å². The van der Waals surface area contributed by atoms with Crippen LogP contribution in [-0.4, -0.2) is 58.2 Å². The molecule has 1 saturated heterocycles. The minimum Gasteiger partial charge on any atom is -0.380 e. The Morgan fingerprint density at radius 3 is 2.67 bits per heavy atom. The van der Waals surface area contributed by atoms with Crippen LogP contribution in [0.3, 0.4) is 0 Å². The monoisotopic (exact) mass is 504 g/mol. The molecule has 4 heterocycles. The molecule has 12 heteroatoms. The Kier molecular flexibility index (Phi) is 8.75. The number of ether oxygens (including phenoxy) is 1. The second-order valence-corrected chi connectivity index (χ2v) is 7.86. The van der Waals surface area contributed by atoms with E-state index >= 15 is 0 Å². The Labute approximate surface area is 206 Å². The summed E-state index contributed by atoms with van der Waals surface area (Å²) in [4.78, 5) is 31.4. The number of aromatic nitrogens is 4. The predicted octanol–water partition coefficient (Wildman–Crippen LogP) is 4.06. The number of hydrogen-bond donors (Lipinski definition) is 1. The number of carbonyl (C=O) groups is 2. The average molecular weight is 505 g/mol. The number of aryl methyl sites for hydroxylation is 1. The Morgan fingerprint density at radius 2 is 2.06 bits per heavy atom. The number of carbonyl (C=O) groups excluding carboxylic acids is 2. The summed E-state index contributed by atoms with van der Waals surface area (Å²) in [7, 11) is 1.60. The van der Waals surface area contributed by atoms with Crippen molar-refractivity contribution < 1.29 is 27.5 Å². The van der Waals surface area contributed by atoms with E-state index in [4.69, 9.17) is 9.53 Å². The minimum atomic E-state index is -4.73. The fourth-order valence-corrected chi connectivity index (χ4v) is 3.68. The number of alkyl halides is 3. The molecule has 3 aromatic heterocycles. The minimum absolute atomic E-state index is 0.00524. The van der Waals surface area contributed by atoms with Crippen molar-refractivity contribution in [1.29, 1.82) is 0 Å². The van der Waals surface area contributed by atoms with E-state index in [2.05, 4.69) is 20.4 Å². The molecule has 1 atom stereocenters. The van der Waals surface area contributed by atoms with E-state index in [0.717, 1.165) is 12.7 Å². The van der Waals surface area contributed by atoms with Crippen LogP contribution in [0, 0.1) is 0 Å². The van der Waals surface area contributed by atoms with Gasteiger partial charge in [0.1, 0.15) is 12.0 Å². The van der Waals surface area contributed by atoms with E-state index in [1.807, 2.05) is 11.8 Å². The van der Waals surface area contributed by atoms with Crippen LogP contribution in [-0.2, 0) is 22.3 Å². The van der Waals surface area contributed by atoms with Crippen molar-refractivity contribution in [1.82, 2.24) is 19.7 Å². The van der Waals surface area contributed by atoms with E-state index in [1.54, 1.807) is 36.3 Å². The highest BCUT2D eigenvalue weighted by atomic mass is 19.4. The van der Waals surface area contributed by atoms with E-state index in [1.165, 1.54) is 25.3 Å². The number of nitrogens with one attached hydrogen (secondary N) is 1. The maximum Gasteiger partial charge on any atom is 0.435 e. The molecule has 0 saturated carbocycles. The highest BCUT2D eigenvalue weighted by molar-refractivity contribution is 6.03. The molecule has 1 fully saturated rings. The van der Waals surface area contributed by atoms with Gasteiger partial charge < -0.3 is 19.7 Å². The van der Waals surface area contributed by atoms with Crippen molar-refractivity contribution in [2.24, 2.45) is 0 Å². The van der Waals surface area contributed by atoms with Gasteiger partial charge in [0.05, 0.1) is 35.6 Å². The number of hydrogen-bond acceptors (Lipinski definition) is 7. The van der Waals surface area contributed by atoms with Gasteiger partial charge in [0.25, 0.3) is 5.91 Å². The highest BCUT2D eigenvalue weighted by Crippen LogP contribution is 2.36. The molecule has 1 aliphatic heterocycles. The lowest BCUT2D eigenvalue weighted by molar-refractivity contribution is -0.140. The van der Waals surface area contributed by atoms with Gasteiger partial charge in [-0.3, -0.25) is 9.48 Å². The smallest absolute Gasteiger partial charge is 0.380 e. The van der Waals surface area contributed by atoms with Crippen molar-refractivity contribution in [2.45, 2.75) is 39.1 Å².